The van der Waals surface area contributed by atoms with Crippen LogP contribution in [0.3, 0.4) is 0 Å². The highest BCUT2D eigenvalue weighted by Gasteiger charge is 2.20. The first-order valence-corrected chi connectivity index (χ1v) is 9.62. The van der Waals surface area contributed by atoms with E-state index >= 15 is 0 Å². The van der Waals surface area contributed by atoms with Crippen LogP contribution in [0.15, 0.2) is 66.9 Å². The van der Waals surface area contributed by atoms with Crippen LogP contribution in [-0.2, 0) is 4.74 Å². The zero-order valence-electron chi connectivity index (χ0n) is 15.8. The lowest BCUT2D eigenvalue weighted by Gasteiger charge is -2.28. The van der Waals surface area contributed by atoms with Crippen molar-refractivity contribution in [2.24, 2.45) is 0 Å². The van der Waals surface area contributed by atoms with Crippen molar-refractivity contribution >= 4 is 28.2 Å². The summed E-state index contributed by atoms with van der Waals surface area (Å²) in [6.45, 7) is 2.87. The molecular weight excluding hydrogens is 364 g/mol. The van der Waals surface area contributed by atoms with E-state index in [4.69, 9.17) is 9.72 Å². The molecule has 7 nitrogen and oxygen atoms in total. The zero-order chi connectivity index (χ0) is 19.5. The van der Waals surface area contributed by atoms with Gasteiger partial charge in [-0.3, -0.25) is 0 Å². The Morgan fingerprint density at radius 2 is 1.59 bits per heavy atom. The van der Waals surface area contributed by atoms with Gasteiger partial charge < -0.3 is 15.0 Å². The molecule has 0 aliphatic carbocycles. The van der Waals surface area contributed by atoms with E-state index in [0.717, 1.165) is 41.1 Å². The Morgan fingerprint density at radius 1 is 0.862 bits per heavy atom. The lowest BCUT2D eigenvalue weighted by molar-refractivity contribution is 0.122. The summed E-state index contributed by atoms with van der Waals surface area (Å²) < 4.78 is 5.49. The van der Waals surface area contributed by atoms with Crippen molar-refractivity contribution in [3.63, 3.8) is 0 Å². The molecule has 0 amide bonds. The Labute approximate surface area is 168 Å². The van der Waals surface area contributed by atoms with Crippen LogP contribution in [-0.4, -0.2) is 46.5 Å². The highest BCUT2D eigenvalue weighted by molar-refractivity contribution is 5.97. The molecule has 1 aliphatic rings. The third kappa shape index (κ3) is 3.60. The molecule has 1 fully saturated rings. The van der Waals surface area contributed by atoms with Crippen LogP contribution in [0, 0.1) is 0 Å². The zero-order valence-corrected chi connectivity index (χ0v) is 15.8. The number of hydrogen-bond donors (Lipinski definition) is 1. The van der Waals surface area contributed by atoms with E-state index in [-0.39, 0.29) is 0 Å². The molecule has 4 aromatic rings. The van der Waals surface area contributed by atoms with Crippen LogP contribution < -0.4 is 10.2 Å². The average molecular weight is 384 g/mol. The average Bonchev–Trinajstić information content (AvgIpc) is 2.81. The van der Waals surface area contributed by atoms with Crippen LogP contribution in [0.25, 0.3) is 22.3 Å². The second-order valence-electron chi connectivity index (χ2n) is 6.78. The van der Waals surface area contributed by atoms with Crippen LogP contribution in [0.2, 0.25) is 0 Å². The standard InChI is InChI=1S/C22H20N6O/c1-3-7-16(8-4-1)20-23-15-18-19(25-20)22(28-11-13-29-14-12-28)27-26-21(18)24-17-9-5-2-6-10-17/h1-10,15H,11-14H2,(H,24,26). The minimum absolute atomic E-state index is 0.642. The van der Waals surface area contributed by atoms with Crippen LogP contribution in [0.5, 0.6) is 0 Å². The Hall–Kier alpha value is -3.58. The van der Waals surface area contributed by atoms with Gasteiger partial charge in [0.15, 0.2) is 17.5 Å². The Balaban J connectivity index is 1.64. The molecule has 7 heteroatoms. The highest BCUT2D eigenvalue weighted by Crippen LogP contribution is 2.30. The van der Waals surface area contributed by atoms with E-state index in [1.165, 1.54) is 0 Å². The molecule has 0 unspecified atom stereocenters. The molecule has 3 heterocycles. The monoisotopic (exact) mass is 384 g/mol. The maximum Gasteiger partial charge on any atom is 0.178 e. The normalized spacial score (nSPS) is 14.1. The number of nitrogens with zero attached hydrogens (tertiary/aromatic N) is 5. The van der Waals surface area contributed by atoms with Crippen LogP contribution in [0.1, 0.15) is 0 Å². The van der Waals surface area contributed by atoms with E-state index < -0.39 is 0 Å². The van der Waals surface area contributed by atoms with Gasteiger partial charge in [0.05, 0.1) is 18.6 Å². The predicted molar refractivity (Wildman–Crippen MR) is 113 cm³/mol. The minimum Gasteiger partial charge on any atom is -0.378 e. The lowest BCUT2D eigenvalue weighted by atomic mass is 10.2. The SMILES string of the molecule is c1ccc(Nc2nnc(N3CCOCC3)c3nc(-c4ccccc4)ncc23)cc1. The van der Waals surface area contributed by atoms with Gasteiger partial charge in [-0.15, -0.1) is 10.2 Å². The van der Waals surface area contributed by atoms with Gasteiger partial charge in [-0.2, -0.15) is 0 Å². The van der Waals surface area contributed by atoms with Crippen molar-refractivity contribution in [1.29, 1.82) is 0 Å². The maximum absolute atomic E-state index is 5.49. The van der Waals surface area contributed by atoms with Crippen LogP contribution in [0.4, 0.5) is 17.3 Å². The van der Waals surface area contributed by atoms with Gasteiger partial charge >= 0.3 is 0 Å². The molecule has 0 bridgehead atoms. The third-order valence-electron chi connectivity index (χ3n) is 4.88. The van der Waals surface area contributed by atoms with Crippen molar-refractivity contribution in [2.45, 2.75) is 0 Å². The first-order valence-electron chi connectivity index (χ1n) is 9.62. The number of ether oxygens (including phenoxy) is 1. The summed E-state index contributed by atoms with van der Waals surface area (Å²) in [7, 11) is 0. The summed E-state index contributed by atoms with van der Waals surface area (Å²) in [6.07, 6.45) is 1.83. The Kier molecular flexibility index (Phi) is 4.72. The fraction of sp³-hybridized carbons (Fsp3) is 0.182. The second-order valence-corrected chi connectivity index (χ2v) is 6.78. The van der Waals surface area contributed by atoms with Crippen molar-refractivity contribution in [2.75, 3.05) is 36.5 Å². The van der Waals surface area contributed by atoms with Gasteiger partial charge in [-0.1, -0.05) is 48.5 Å². The molecule has 144 valence electrons. The molecule has 0 spiro atoms. The number of para-hydroxylation sites is 1. The fourth-order valence-electron chi connectivity index (χ4n) is 3.39. The molecule has 5 rings (SSSR count). The summed E-state index contributed by atoms with van der Waals surface area (Å²) in [5, 5.41) is 13.2. The summed E-state index contributed by atoms with van der Waals surface area (Å²) in [5.74, 6) is 2.08. The van der Waals surface area contributed by atoms with Crippen LogP contribution >= 0.6 is 0 Å². The number of morpholine rings is 1. The molecule has 1 aliphatic heterocycles. The summed E-state index contributed by atoms with van der Waals surface area (Å²) in [6, 6.07) is 19.9. The Bertz CT molecular complexity index is 1110. The first kappa shape index (κ1) is 17.5. The van der Waals surface area contributed by atoms with Gasteiger partial charge in [0.25, 0.3) is 0 Å². The van der Waals surface area contributed by atoms with Gasteiger partial charge in [-0.05, 0) is 12.1 Å². The molecule has 0 atom stereocenters. The Morgan fingerprint density at radius 3 is 2.34 bits per heavy atom. The fourth-order valence-corrected chi connectivity index (χ4v) is 3.39. The van der Waals surface area contributed by atoms with Crippen molar-refractivity contribution in [3.05, 3.63) is 66.9 Å². The number of hydrogen-bond acceptors (Lipinski definition) is 7. The van der Waals surface area contributed by atoms with E-state index in [0.29, 0.717) is 24.9 Å². The highest BCUT2D eigenvalue weighted by atomic mass is 16.5. The molecular formula is C22H20N6O. The number of anilines is 3. The molecule has 2 aromatic heterocycles. The maximum atomic E-state index is 5.49. The number of rotatable bonds is 4. The topological polar surface area (TPSA) is 76.1 Å². The molecule has 2 aromatic carbocycles. The lowest BCUT2D eigenvalue weighted by Crippen LogP contribution is -2.37. The predicted octanol–water partition coefficient (Wildman–Crippen LogP) is 3.67. The first-order chi connectivity index (χ1) is 14.4. The number of fused-ring (bicyclic) bond motifs is 1. The second kappa shape index (κ2) is 7.81. The molecule has 0 saturated carbocycles. The van der Waals surface area contributed by atoms with Gasteiger partial charge in [0, 0.05) is 30.5 Å². The van der Waals surface area contributed by atoms with Gasteiger partial charge in [-0.25, -0.2) is 9.97 Å². The molecule has 1 N–H and O–H groups in total. The third-order valence-corrected chi connectivity index (χ3v) is 4.88. The minimum atomic E-state index is 0.642. The van der Waals surface area contributed by atoms with Crippen molar-refractivity contribution in [3.8, 4) is 11.4 Å². The summed E-state index contributed by atoms with van der Waals surface area (Å²) >= 11 is 0. The van der Waals surface area contributed by atoms with Gasteiger partial charge in [0.2, 0.25) is 0 Å². The quantitative estimate of drug-likeness (QED) is 0.575. The number of benzene rings is 2. The van der Waals surface area contributed by atoms with Gasteiger partial charge in [0.1, 0.15) is 5.52 Å². The van der Waals surface area contributed by atoms with E-state index in [1.807, 2.05) is 66.9 Å². The molecule has 0 radical (unpaired) electrons. The van der Waals surface area contributed by atoms with E-state index in [1.54, 1.807) is 0 Å². The summed E-state index contributed by atoms with van der Waals surface area (Å²) in [4.78, 5) is 11.7. The smallest absolute Gasteiger partial charge is 0.178 e. The van der Waals surface area contributed by atoms with Crippen molar-refractivity contribution in [1.82, 2.24) is 20.2 Å². The molecule has 1 saturated heterocycles. The number of aromatic nitrogens is 4. The van der Waals surface area contributed by atoms with E-state index in [9.17, 15) is 0 Å². The largest absolute Gasteiger partial charge is 0.378 e. The van der Waals surface area contributed by atoms with Crippen molar-refractivity contribution < 1.29 is 4.74 Å². The summed E-state index contributed by atoms with van der Waals surface area (Å²) in [5.41, 5.74) is 2.69. The molecule has 29 heavy (non-hydrogen) atoms. The van der Waals surface area contributed by atoms with E-state index in [2.05, 4.69) is 25.4 Å². The number of nitrogens with one attached hydrogen (secondary N) is 1.